The summed E-state index contributed by atoms with van der Waals surface area (Å²) in [6, 6.07) is 1.98. The van der Waals surface area contributed by atoms with Gasteiger partial charge in [-0.15, -0.1) is 0 Å². The molecule has 17 heavy (non-hydrogen) atoms. The Morgan fingerprint density at radius 2 is 1.94 bits per heavy atom. The van der Waals surface area contributed by atoms with Crippen LogP contribution in [0.1, 0.15) is 31.5 Å². The van der Waals surface area contributed by atoms with Gasteiger partial charge in [0, 0.05) is 13.1 Å². The van der Waals surface area contributed by atoms with Gasteiger partial charge in [-0.25, -0.2) is 9.97 Å². The summed E-state index contributed by atoms with van der Waals surface area (Å²) < 4.78 is 0. The molecule has 0 spiro atoms. The highest BCUT2D eigenvalue weighted by atomic mass is 16.3. The van der Waals surface area contributed by atoms with Crippen LogP contribution in [-0.2, 0) is 0 Å². The number of hydrogen-bond acceptors (Lipinski definition) is 5. The number of nitrogens with zero attached hydrogens (tertiary/aromatic N) is 2. The van der Waals surface area contributed by atoms with Crippen molar-refractivity contribution < 1.29 is 5.11 Å². The van der Waals surface area contributed by atoms with Gasteiger partial charge in [-0.1, -0.05) is 12.8 Å². The lowest BCUT2D eigenvalue weighted by atomic mass is 9.92. The quantitative estimate of drug-likeness (QED) is 0.742. The number of anilines is 2. The second-order valence-electron chi connectivity index (χ2n) is 4.54. The third-order valence-electron chi connectivity index (χ3n) is 3.16. The zero-order valence-corrected chi connectivity index (χ0v) is 10.4. The topological polar surface area (TPSA) is 70.1 Å². The zero-order chi connectivity index (χ0) is 12.3. The van der Waals surface area contributed by atoms with Gasteiger partial charge >= 0.3 is 0 Å². The fraction of sp³-hybridized carbons (Fsp3) is 0.667. The maximum atomic E-state index is 9.90. The molecule has 1 fully saturated rings. The van der Waals surface area contributed by atoms with Crippen molar-refractivity contribution >= 4 is 11.6 Å². The van der Waals surface area contributed by atoms with Crippen LogP contribution < -0.4 is 10.6 Å². The van der Waals surface area contributed by atoms with Crippen LogP contribution >= 0.6 is 0 Å². The van der Waals surface area contributed by atoms with Crippen LogP contribution in [0.5, 0.6) is 0 Å². The standard InChI is InChI=1S/C12H20N4O/c1-8-14-11(13-2)7-12(15-8)16-9-5-3-4-6-10(9)17/h7,9-10,17H,3-6H2,1-2H3,(H2,13,14,15,16). The van der Waals surface area contributed by atoms with Gasteiger partial charge < -0.3 is 15.7 Å². The van der Waals surface area contributed by atoms with Crippen LogP contribution in [0.25, 0.3) is 0 Å². The molecule has 0 saturated heterocycles. The third-order valence-corrected chi connectivity index (χ3v) is 3.16. The first-order valence-corrected chi connectivity index (χ1v) is 6.17. The van der Waals surface area contributed by atoms with E-state index in [1.165, 1.54) is 0 Å². The van der Waals surface area contributed by atoms with Crippen molar-refractivity contribution in [2.75, 3.05) is 17.7 Å². The Bertz CT molecular complexity index is 383. The second kappa shape index (κ2) is 5.31. The molecular weight excluding hydrogens is 216 g/mol. The molecule has 1 aliphatic rings. The molecule has 1 saturated carbocycles. The number of aryl methyl sites for hydroxylation is 1. The molecule has 0 amide bonds. The van der Waals surface area contributed by atoms with Crippen molar-refractivity contribution in [3.8, 4) is 0 Å². The van der Waals surface area contributed by atoms with Gasteiger partial charge in [0.2, 0.25) is 0 Å². The number of aliphatic hydroxyl groups excluding tert-OH is 1. The summed E-state index contributed by atoms with van der Waals surface area (Å²) >= 11 is 0. The van der Waals surface area contributed by atoms with Crippen LogP contribution in [0.4, 0.5) is 11.6 Å². The SMILES string of the molecule is CNc1cc(NC2CCCCC2O)nc(C)n1. The molecule has 0 aromatic carbocycles. The van der Waals surface area contributed by atoms with Crippen LogP contribution in [0.2, 0.25) is 0 Å². The average Bonchev–Trinajstić information content (AvgIpc) is 2.31. The average molecular weight is 236 g/mol. The molecule has 5 heteroatoms. The molecule has 1 aromatic heterocycles. The van der Waals surface area contributed by atoms with E-state index in [4.69, 9.17) is 0 Å². The highest BCUT2D eigenvalue weighted by Crippen LogP contribution is 2.22. The lowest BCUT2D eigenvalue weighted by Crippen LogP contribution is -2.36. The monoisotopic (exact) mass is 236 g/mol. The number of nitrogens with one attached hydrogen (secondary N) is 2. The van der Waals surface area contributed by atoms with Crippen LogP contribution in [0.3, 0.4) is 0 Å². The lowest BCUT2D eigenvalue weighted by Gasteiger charge is -2.28. The maximum absolute atomic E-state index is 9.90. The molecule has 1 aliphatic carbocycles. The fourth-order valence-electron chi connectivity index (χ4n) is 2.24. The first-order valence-electron chi connectivity index (χ1n) is 6.17. The van der Waals surface area contributed by atoms with Crippen molar-refractivity contribution in [1.82, 2.24) is 9.97 Å². The lowest BCUT2D eigenvalue weighted by molar-refractivity contribution is 0.116. The molecule has 94 valence electrons. The Balaban J connectivity index is 2.09. The zero-order valence-electron chi connectivity index (χ0n) is 10.4. The Hall–Kier alpha value is -1.36. The minimum atomic E-state index is -0.267. The van der Waals surface area contributed by atoms with E-state index in [2.05, 4.69) is 20.6 Å². The van der Waals surface area contributed by atoms with E-state index in [1.54, 1.807) is 0 Å². The van der Waals surface area contributed by atoms with Gasteiger partial charge in [0.05, 0.1) is 12.1 Å². The summed E-state index contributed by atoms with van der Waals surface area (Å²) in [6.45, 7) is 1.86. The van der Waals surface area contributed by atoms with Crippen molar-refractivity contribution in [2.24, 2.45) is 0 Å². The number of rotatable bonds is 3. The maximum Gasteiger partial charge on any atom is 0.132 e. The molecule has 1 aromatic rings. The smallest absolute Gasteiger partial charge is 0.132 e. The second-order valence-corrected chi connectivity index (χ2v) is 4.54. The molecule has 3 N–H and O–H groups in total. The molecule has 0 radical (unpaired) electrons. The number of aromatic nitrogens is 2. The Labute approximate surface area is 102 Å². The Kier molecular flexibility index (Phi) is 3.78. The number of aliphatic hydroxyl groups is 1. The van der Waals surface area contributed by atoms with E-state index in [0.717, 1.165) is 43.1 Å². The van der Waals surface area contributed by atoms with E-state index in [1.807, 2.05) is 20.0 Å². The molecule has 5 nitrogen and oxygen atoms in total. The normalized spacial score (nSPS) is 24.4. The molecule has 1 heterocycles. The molecule has 2 rings (SSSR count). The highest BCUT2D eigenvalue weighted by molar-refractivity contribution is 5.47. The molecule has 0 bridgehead atoms. The Morgan fingerprint density at radius 1 is 1.24 bits per heavy atom. The van der Waals surface area contributed by atoms with Crippen LogP contribution in [-0.4, -0.2) is 34.3 Å². The molecule has 2 unspecified atom stereocenters. The first kappa shape index (κ1) is 12.1. The molecular formula is C12H20N4O. The summed E-state index contributed by atoms with van der Waals surface area (Å²) in [5.41, 5.74) is 0. The van der Waals surface area contributed by atoms with Gasteiger partial charge in [0.1, 0.15) is 17.5 Å². The van der Waals surface area contributed by atoms with Crippen LogP contribution in [0.15, 0.2) is 6.07 Å². The van der Waals surface area contributed by atoms with E-state index in [9.17, 15) is 5.11 Å². The minimum absolute atomic E-state index is 0.114. The molecule has 2 atom stereocenters. The highest BCUT2D eigenvalue weighted by Gasteiger charge is 2.23. The van der Waals surface area contributed by atoms with E-state index < -0.39 is 0 Å². The van der Waals surface area contributed by atoms with Gasteiger partial charge in [0.25, 0.3) is 0 Å². The van der Waals surface area contributed by atoms with Gasteiger partial charge in [0.15, 0.2) is 0 Å². The summed E-state index contributed by atoms with van der Waals surface area (Å²) in [7, 11) is 1.83. The van der Waals surface area contributed by atoms with Crippen molar-refractivity contribution in [2.45, 2.75) is 44.8 Å². The summed E-state index contributed by atoms with van der Waals surface area (Å²) in [4.78, 5) is 8.58. The van der Waals surface area contributed by atoms with Crippen molar-refractivity contribution in [1.29, 1.82) is 0 Å². The summed E-state index contributed by atoms with van der Waals surface area (Å²) in [5.74, 6) is 2.31. The van der Waals surface area contributed by atoms with Crippen molar-refractivity contribution in [3.05, 3.63) is 11.9 Å². The van der Waals surface area contributed by atoms with E-state index in [-0.39, 0.29) is 12.1 Å². The van der Waals surface area contributed by atoms with Gasteiger partial charge in [-0.05, 0) is 19.8 Å². The minimum Gasteiger partial charge on any atom is -0.391 e. The summed E-state index contributed by atoms with van der Waals surface area (Å²) in [5, 5.41) is 16.2. The van der Waals surface area contributed by atoms with Crippen LogP contribution in [0, 0.1) is 6.92 Å². The largest absolute Gasteiger partial charge is 0.391 e. The van der Waals surface area contributed by atoms with E-state index in [0.29, 0.717) is 0 Å². The van der Waals surface area contributed by atoms with Crippen molar-refractivity contribution in [3.63, 3.8) is 0 Å². The fourth-order valence-corrected chi connectivity index (χ4v) is 2.24. The molecule has 0 aliphatic heterocycles. The first-order chi connectivity index (χ1) is 8.19. The van der Waals surface area contributed by atoms with E-state index >= 15 is 0 Å². The van der Waals surface area contributed by atoms with Gasteiger partial charge in [-0.3, -0.25) is 0 Å². The predicted molar refractivity (Wildman–Crippen MR) is 68.2 cm³/mol. The predicted octanol–water partition coefficient (Wildman–Crippen LogP) is 1.54. The summed E-state index contributed by atoms with van der Waals surface area (Å²) in [6.07, 6.45) is 3.89. The van der Waals surface area contributed by atoms with Gasteiger partial charge in [-0.2, -0.15) is 0 Å². The number of hydrogen-bond donors (Lipinski definition) is 3. The third kappa shape index (κ3) is 3.06. The Morgan fingerprint density at radius 3 is 2.65 bits per heavy atom.